The molecule has 0 fully saturated rings. The van der Waals surface area contributed by atoms with Gasteiger partial charge in [0.2, 0.25) is 5.90 Å². The van der Waals surface area contributed by atoms with Gasteiger partial charge in [0.05, 0.1) is 14.2 Å². The van der Waals surface area contributed by atoms with E-state index in [9.17, 15) is 0 Å². The van der Waals surface area contributed by atoms with E-state index in [4.69, 9.17) is 14.9 Å². The highest BCUT2D eigenvalue weighted by molar-refractivity contribution is 5.99. The molecule has 0 saturated carbocycles. The average Bonchev–Trinajstić information content (AvgIpc) is 2.36. The minimum atomic E-state index is 0.143. The second-order valence-corrected chi connectivity index (χ2v) is 3.43. The van der Waals surface area contributed by atoms with Crippen LogP contribution in [0.1, 0.15) is 5.56 Å². The van der Waals surface area contributed by atoms with Crippen molar-refractivity contribution < 1.29 is 9.47 Å². The van der Waals surface area contributed by atoms with Crippen molar-refractivity contribution in [3.8, 4) is 5.75 Å². The number of hydrogen-bond donors (Lipinski definition) is 1. The summed E-state index contributed by atoms with van der Waals surface area (Å²) in [6, 6.07) is 11.6. The van der Waals surface area contributed by atoms with Gasteiger partial charge in [0, 0.05) is 10.9 Å². The number of hydrogen-bond acceptors (Lipinski definition) is 3. The Balaban J connectivity index is 2.68. The van der Waals surface area contributed by atoms with Crippen molar-refractivity contribution in [3.05, 3.63) is 42.0 Å². The van der Waals surface area contributed by atoms with Crippen LogP contribution >= 0.6 is 0 Å². The van der Waals surface area contributed by atoms with E-state index in [2.05, 4.69) is 0 Å². The van der Waals surface area contributed by atoms with Crippen molar-refractivity contribution >= 4 is 16.7 Å². The van der Waals surface area contributed by atoms with Gasteiger partial charge in [-0.2, -0.15) is 0 Å². The second kappa shape index (κ2) is 4.23. The van der Waals surface area contributed by atoms with Crippen LogP contribution in [-0.4, -0.2) is 20.1 Å². The summed E-state index contributed by atoms with van der Waals surface area (Å²) in [4.78, 5) is 0. The van der Waals surface area contributed by atoms with E-state index < -0.39 is 0 Å². The molecule has 0 bridgehead atoms. The molecule has 0 heterocycles. The van der Waals surface area contributed by atoms with Crippen LogP contribution in [0.4, 0.5) is 0 Å². The summed E-state index contributed by atoms with van der Waals surface area (Å²) in [5, 5.41) is 9.73. The van der Waals surface area contributed by atoms with E-state index in [0.717, 1.165) is 22.1 Å². The molecule has 3 nitrogen and oxygen atoms in total. The third-order valence-corrected chi connectivity index (χ3v) is 2.51. The molecular weight excluding hydrogens is 202 g/mol. The SMILES string of the molecule is COC(=N)c1cc(OC)c2ccccc2c1. The summed E-state index contributed by atoms with van der Waals surface area (Å²) in [5.74, 6) is 0.902. The van der Waals surface area contributed by atoms with Gasteiger partial charge < -0.3 is 9.47 Å². The van der Waals surface area contributed by atoms with Gasteiger partial charge in [0.15, 0.2) is 0 Å². The molecule has 16 heavy (non-hydrogen) atoms. The lowest BCUT2D eigenvalue weighted by Crippen LogP contribution is -2.01. The number of fused-ring (bicyclic) bond motifs is 1. The van der Waals surface area contributed by atoms with Gasteiger partial charge in [0.25, 0.3) is 0 Å². The van der Waals surface area contributed by atoms with Crippen LogP contribution in [0.15, 0.2) is 36.4 Å². The molecule has 0 radical (unpaired) electrons. The topological polar surface area (TPSA) is 42.3 Å². The van der Waals surface area contributed by atoms with Crippen molar-refractivity contribution in [1.82, 2.24) is 0 Å². The van der Waals surface area contributed by atoms with Gasteiger partial charge in [-0.05, 0) is 17.5 Å². The van der Waals surface area contributed by atoms with Gasteiger partial charge >= 0.3 is 0 Å². The Hall–Kier alpha value is -2.03. The smallest absolute Gasteiger partial charge is 0.213 e. The maximum Gasteiger partial charge on any atom is 0.213 e. The first-order valence-electron chi connectivity index (χ1n) is 4.96. The highest BCUT2D eigenvalue weighted by atomic mass is 16.5. The van der Waals surface area contributed by atoms with Gasteiger partial charge in [0.1, 0.15) is 5.75 Å². The molecule has 0 aromatic heterocycles. The lowest BCUT2D eigenvalue weighted by atomic mass is 10.1. The normalized spacial score (nSPS) is 10.1. The predicted octanol–water partition coefficient (Wildman–Crippen LogP) is 2.82. The van der Waals surface area contributed by atoms with Crippen LogP contribution in [0, 0.1) is 5.41 Å². The standard InChI is InChI=1S/C13H13NO2/c1-15-12-8-10(13(14)16-2)7-9-5-3-4-6-11(9)12/h3-8,14H,1-2H3. The molecule has 2 aromatic carbocycles. The maximum atomic E-state index is 7.65. The molecule has 3 heteroatoms. The van der Waals surface area contributed by atoms with Crippen molar-refractivity contribution in [1.29, 1.82) is 5.41 Å². The van der Waals surface area contributed by atoms with Crippen LogP contribution in [0.2, 0.25) is 0 Å². The summed E-state index contributed by atoms with van der Waals surface area (Å²) in [7, 11) is 3.12. The van der Waals surface area contributed by atoms with Crippen LogP contribution in [0.25, 0.3) is 10.8 Å². The summed E-state index contributed by atoms with van der Waals surface area (Å²) >= 11 is 0. The molecule has 82 valence electrons. The second-order valence-electron chi connectivity index (χ2n) is 3.43. The van der Waals surface area contributed by atoms with Crippen molar-refractivity contribution in [2.24, 2.45) is 0 Å². The molecule has 0 spiro atoms. The predicted molar refractivity (Wildman–Crippen MR) is 64.3 cm³/mol. The molecule has 0 aliphatic heterocycles. The van der Waals surface area contributed by atoms with E-state index in [1.165, 1.54) is 7.11 Å². The fraction of sp³-hybridized carbons (Fsp3) is 0.154. The Morgan fingerprint density at radius 3 is 2.56 bits per heavy atom. The third-order valence-electron chi connectivity index (χ3n) is 2.51. The molecule has 0 unspecified atom stereocenters. The summed E-state index contributed by atoms with van der Waals surface area (Å²) in [6.07, 6.45) is 0. The Morgan fingerprint density at radius 1 is 1.12 bits per heavy atom. The molecular formula is C13H13NO2. The number of benzene rings is 2. The highest BCUT2D eigenvalue weighted by Gasteiger charge is 2.07. The molecule has 0 saturated heterocycles. The number of nitrogens with one attached hydrogen (secondary N) is 1. The minimum Gasteiger partial charge on any atom is -0.496 e. The fourth-order valence-corrected chi connectivity index (χ4v) is 1.69. The lowest BCUT2D eigenvalue weighted by molar-refractivity contribution is 0.399. The Kier molecular flexibility index (Phi) is 2.77. The molecule has 0 aliphatic rings. The molecule has 0 aliphatic carbocycles. The Morgan fingerprint density at radius 2 is 1.88 bits per heavy atom. The van der Waals surface area contributed by atoms with Crippen LogP contribution in [0.3, 0.4) is 0 Å². The summed E-state index contributed by atoms with van der Waals surface area (Å²) in [6.45, 7) is 0. The van der Waals surface area contributed by atoms with Crippen LogP contribution in [-0.2, 0) is 4.74 Å². The molecule has 0 amide bonds. The van der Waals surface area contributed by atoms with Gasteiger partial charge in [-0.25, -0.2) is 0 Å². The van der Waals surface area contributed by atoms with E-state index >= 15 is 0 Å². The maximum absolute atomic E-state index is 7.65. The molecule has 1 N–H and O–H groups in total. The number of methoxy groups -OCH3 is 2. The van der Waals surface area contributed by atoms with Crippen LogP contribution in [0.5, 0.6) is 5.75 Å². The molecule has 0 atom stereocenters. The minimum absolute atomic E-state index is 0.143. The molecule has 2 rings (SSSR count). The third kappa shape index (κ3) is 1.72. The number of rotatable bonds is 2. The quantitative estimate of drug-likeness (QED) is 0.618. The van der Waals surface area contributed by atoms with Crippen molar-refractivity contribution in [3.63, 3.8) is 0 Å². The largest absolute Gasteiger partial charge is 0.496 e. The van der Waals surface area contributed by atoms with Crippen molar-refractivity contribution in [2.75, 3.05) is 14.2 Å². The monoisotopic (exact) mass is 215 g/mol. The first-order valence-corrected chi connectivity index (χ1v) is 4.96. The van der Waals surface area contributed by atoms with Crippen LogP contribution < -0.4 is 4.74 Å². The molecule has 2 aromatic rings. The Bertz CT molecular complexity index is 534. The van der Waals surface area contributed by atoms with E-state index in [1.807, 2.05) is 36.4 Å². The van der Waals surface area contributed by atoms with E-state index in [0.29, 0.717) is 0 Å². The highest BCUT2D eigenvalue weighted by Crippen LogP contribution is 2.27. The fourth-order valence-electron chi connectivity index (χ4n) is 1.69. The van der Waals surface area contributed by atoms with E-state index in [-0.39, 0.29) is 5.90 Å². The zero-order valence-electron chi connectivity index (χ0n) is 9.28. The summed E-state index contributed by atoms with van der Waals surface area (Å²) in [5.41, 5.74) is 0.720. The lowest BCUT2D eigenvalue weighted by Gasteiger charge is -2.09. The van der Waals surface area contributed by atoms with Crippen molar-refractivity contribution in [2.45, 2.75) is 0 Å². The first-order chi connectivity index (χ1) is 7.76. The van der Waals surface area contributed by atoms with E-state index in [1.54, 1.807) is 7.11 Å². The van der Waals surface area contributed by atoms with Gasteiger partial charge in [-0.3, -0.25) is 5.41 Å². The first kappa shape index (κ1) is 10.5. The van der Waals surface area contributed by atoms with Gasteiger partial charge in [-0.1, -0.05) is 24.3 Å². The summed E-state index contributed by atoms with van der Waals surface area (Å²) < 4.78 is 10.2. The zero-order chi connectivity index (χ0) is 11.5. The number of ether oxygens (including phenoxy) is 2. The average molecular weight is 215 g/mol. The Labute approximate surface area is 94.1 Å². The van der Waals surface area contributed by atoms with Gasteiger partial charge in [-0.15, -0.1) is 0 Å². The zero-order valence-corrected chi connectivity index (χ0v) is 9.28.